The monoisotopic (exact) mass is 475 g/mol. The summed E-state index contributed by atoms with van der Waals surface area (Å²) < 4.78 is 0.827. The maximum atomic E-state index is 13.4. The Kier molecular flexibility index (Phi) is 5.44. The van der Waals surface area contributed by atoms with Crippen molar-refractivity contribution in [2.45, 2.75) is 6.92 Å². The van der Waals surface area contributed by atoms with E-state index in [-0.39, 0.29) is 17.2 Å². The van der Waals surface area contributed by atoms with Gasteiger partial charge in [-0.15, -0.1) is 0 Å². The Morgan fingerprint density at radius 3 is 2.45 bits per heavy atom. The molecule has 0 aliphatic heterocycles. The summed E-state index contributed by atoms with van der Waals surface area (Å²) in [6, 6.07) is 19.5. The van der Waals surface area contributed by atoms with E-state index in [9.17, 15) is 9.59 Å². The number of carbonyl (C=O) groups excluding carboxylic acids is 1. The average molecular weight is 476 g/mol. The molecule has 31 heavy (non-hydrogen) atoms. The highest BCUT2D eigenvalue weighted by Gasteiger charge is 2.20. The highest BCUT2D eigenvalue weighted by molar-refractivity contribution is 9.10. The first kappa shape index (κ1) is 20.6. The number of carboxylic acid groups (broad SMARTS) is 1. The lowest BCUT2D eigenvalue weighted by molar-refractivity contribution is 0.0696. The van der Waals surface area contributed by atoms with Crippen molar-refractivity contribution in [1.82, 2.24) is 4.98 Å². The first-order valence-electron chi connectivity index (χ1n) is 9.44. The molecule has 6 nitrogen and oxygen atoms in total. The molecule has 0 unspecified atom stereocenters. The number of hydrogen-bond acceptors (Lipinski definition) is 4. The minimum atomic E-state index is -1.09. The molecule has 0 atom stereocenters. The molecule has 154 valence electrons. The molecule has 0 fully saturated rings. The molecular formula is C24H18BrN3O3. The molecule has 1 aromatic heterocycles. The maximum absolute atomic E-state index is 13.4. The fourth-order valence-corrected chi connectivity index (χ4v) is 3.86. The number of benzene rings is 3. The summed E-state index contributed by atoms with van der Waals surface area (Å²) in [6.07, 6.45) is 0. The third kappa shape index (κ3) is 4.00. The van der Waals surface area contributed by atoms with Gasteiger partial charge in [0, 0.05) is 15.4 Å². The third-order valence-corrected chi connectivity index (χ3v) is 5.50. The van der Waals surface area contributed by atoms with E-state index in [1.165, 1.54) is 18.2 Å². The van der Waals surface area contributed by atoms with Crippen molar-refractivity contribution < 1.29 is 14.7 Å². The van der Waals surface area contributed by atoms with Gasteiger partial charge < -0.3 is 16.2 Å². The number of pyridine rings is 1. The van der Waals surface area contributed by atoms with Crippen LogP contribution in [0.4, 0.5) is 11.4 Å². The normalized spacial score (nSPS) is 10.8. The van der Waals surface area contributed by atoms with Gasteiger partial charge in [-0.25, -0.2) is 9.78 Å². The summed E-state index contributed by atoms with van der Waals surface area (Å²) >= 11 is 3.47. The van der Waals surface area contributed by atoms with Crippen LogP contribution in [0.2, 0.25) is 0 Å². The largest absolute Gasteiger partial charge is 0.478 e. The molecule has 1 heterocycles. The molecule has 0 aliphatic carbocycles. The Morgan fingerprint density at radius 2 is 1.77 bits per heavy atom. The van der Waals surface area contributed by atoms with E-state index in [0.29, 0.717) is 22.2 Å². The molecule has 0 saturated heterocycles. The Morgan fingerprint density at radius 1 is 1.03 bits per heavy atom. The van der Waals surface area contributed by atoms with Crippen molar-refractivity contribution in [2.75, 3.05) is 11.1 Å². The number of halogens is 1. The number of nitrogens with zero attached hydrogens (tertiary/aromatic N) is 1. The number of carbonyl (C=O) groups is 2. The van der Waals surface area contributed by atoms with Gasteiger partial charge >= 0.3 is 5.97 Å². The van der Waals surface area contributed by atoms with Crippen LogP contribution in [-0.2, 0) is 0 Å². The zero-order valence-corrected chi connectivity index (χ0v) is 18.1. The summed E-state index contributed by atoms with van der Waals surface area (Å²) in [5.41, 5.74) is 10.1. The Hall–Kier alpha value is -3.71. The van der Waals surface area contributed by atoms with Gasteiger partial charge in [0.05, 0.1) is 33.7 Å². The smallest absolute Gasteiger partial charge is 0.335 e. The molecule has 1 amide bonds. The summed E-state index contributed by atoms with van der Waals surface area (Å²) in [5, 5.41) is 12.6. The first-order chi connectivity index (χ1) is 14.8. The van der Waals surface area contributed by atoms with E-state index in [0.717, 1.165) is 21.3 Å². The standard InChI is InChI=1S/C24H18BrN3O3/c1-13-21(23(29)28-20-9-7-15(24(30)31)11-18(20)26)17-12-16(25)8-10-19(17)27-22(13)14-5-3-2-4-6-14/h2-12H,26H2,1H3,(H,28,29)(H,30,31). The lowest BCUT2D eigenvalue weighted by atomic mass is 9.97. The second-order valence-corrected chi connectivity index (χ2v) is 7.96. The van der Waals surface area contributed by atoms with Crippen molar-refractivity contribution in [3.63, 3.8) is 0 Å². The summed E-state index contributed by atoms with van der Waals surface area (Å²) in [5.74, 6) is -1.44. The number of anilines is 2. The van der Waals surface area contributed by atoms with Crippen molar-refractivity contribution >= 4 is 50.1 Å². The van der Waals surface area contributed by atoms with E-state index in [2.05, 4.69) is 21.2 Å². The third-order valence-electron chi connectivity index (χ3n) is 5.01. The summed E-state index contributed by atoms with van der Waals surface area (Å²) in [4.78, 5) is 29.3. The van der Waals surface area contributed by atoms with Gasteiger partial charge in [-0.05, 0) is 48.9 Å². The number of rotatable bonds is 4. The number of aromatic carboxylic acids is 1. The molecular weight excluding hydrogens is 458 g/mol. The van der Waals surface area contributed by atoms with Gasteiger partial charge in [0.25, 0.3) is 5.91 Å². The number of amides is 1. The van der Waals surface area contributed by atoms with Crippen molar-refractivity contribution in [3.8, 4) is 11.3 Å². The quantitative estimate of drug-likeness (QED) is 0.337. The second kappa shape index (κ2) is 8.20. The second-order valence-electron chi connectivity index (χ2n) is 7.05. The highest BCUT2D eigenvalue weighted by Crippen LogP contribution is 2.32. The summed E-state index contributed by atoms with van der Waals surface area (Å²) in [7, 11) is 0. The van der Waals surface area contributed by atoms with Crippen LogP contribution in [0.3, 0.4) is 0 Å². The van der Waals surface area contributed by atoms with Crippen LogP contribution in [0.25, 0.3) is 22.2 Å². The summed E-state index contributed by atoms with van der Waals surface area (Å²) in [6.45, 7) is 1.86. The van der Waals surface area contributed by atoms with Gasteiger partial charge in [0.15, 0.2) is 0 Å². The molecule has 0 spiro atoms. The van der Waals surface area contributed by atoms with E-state index in [1.807, 2.05) is 55.5 Å². The molecule has 0 bridgehead atoms. The Balaban J connectivity index is 1.85. The molecule has 4 aromatic rings. The SMILES string of the molecule is Cc1c(-c2ccccc2)nc2ccc(Br)cc2c1C(=O)Nc1ccc(C(=O)O)cc1N. The van der Waals surface area contributed by atoms with Crippen LogP contribution in [-0.4, -0.2) is 22.0 Å². The fraction of sp³-hybridized carbons (Fsp3) is 0.0417. The van der Waals surface area contributed by atoms with Gasteiger partial charge in [0.1, 0.15) is 0 Å². The molecule has 0 saturated carbocycles. The Labute approximate surface area is 186 Å². The number of hydrogen-bond donors (Lipinski definition) is 3. The predicted octanol–water partition coefficient (Wildman–Crippen LogP) is 5.51. The average Bonchev–Trinajstić information content (AvgIpc) is 2.75. The number of aromatic nitrogens is 1. The van der Waals surface area contributed by atoms with Crippen LogP contribution >= 0.6 is 15.9 Å². The van der Waals surface area contributed by atoms with Gasteiger partial charge in [-0.3, -0.25) is 4.79 Å². The van der Waals surface area contributed by atoms with Crippen molar-refractivity contribution in [2.24, 2.45) is 0 Å². The number of nitrogen functional groups attached to an aromatic ring is 1. The number of carboxylic acids is 1. The van der Waals surface area contributed by atoms with Crippen LogP contribution < -0.4 is 11.1 Å². The highest BCUT2D eigenvalue weighted by atomic mass is 79.9. The first-order valence-corrected chi connectivity index (χ1v) is 10.2. The van der Waals surface area contributed by atoms with Crippen LogP contribution in [0, 0.1) is 6.92 Å². The van der Waals surface area contributed by atoms with E-state index in [1.54, 1.807) is 0 Å². The lowest BCUT2D eigenvalue weighted by Crippen LogP contribution is -2.16. The molecule has 0 aliphatic rings. The minimum Gasteiger partial charge on any atom is -0.478 e. The van der Waals surface area contributed by atoms with Gasteiger partial charge in [0.2, 0.25) is 0 Å². The predicted molar refractivity (Wildman–Crippen MR) is 125 cm³/mol. The van der Waals surface area contributed by atoms with Gasteiger partial charge in [-0.2, -0.15) is 0 Å². The minimum absolute atomic E-state index is 0.0522. The van der Waals surface area contributed by atoms with E-state index >= 15 is 0 Å². The Bertz CT molecular complexity index is 1340. The van der Waals surface area contributed by atoms with Crippen LogP contribution in [0.1, 0.15) is 26.3 Å². The van der Waals surface area contributed by atoms with Crippen molar-refractivity contribution in [3.05, 3.63) is 87.9 Å². The number of fused-ring (bicyclic) bond motifs is 1. The lowest BCUT2D eigenvalue weighted by Gasteiger charge is -2.16. The zero-order chi connectivity index (χ0) is 22.1. The van der Waals surface area contributed by atoms with Gasteiger partial charge in [-0.1, -0.05) is 46.3 Å². The maximum Gasteiger partial charge on any atom is 0.335 e. The molecule has 7 heteroatoms. The number of nitrogens with two attached hydrogens (primary N) is 1. The fourth-order valence-electron chi connectivity index (χ4n) is 3.49. The molecule has 3 aromatic carbocycles. The number of nitrogens with one attached hydrogen (secondary N) is 1. The zero-order valence-electron chi connectivity index (χ0n) is 16.5. The van der Waals surface area contributed by atoms with Crippen LogP contribution in [0.5, 0.6) is 0 Å². The molecule has 0 radical (unpaired) electrons. The van der Waals surface area contributed by atoms with E-state index < -0.39 is 5.97 Å². The molecule has 4 N–H and O–H groups in total. The topological polar surface area (TPSA) is 105 Å². The van der Waals surface area contributed by atoms with Crippen molar-refractivity contribution in [1.29, 1.82) is 0 Å². The molecule has 4 rings (SSSR count). The van der Waals surface area contributed by atoms with Crippen LogP contribution in [0.15, 0.2) is 71.2 Å². The van der Waals surface area contributed by atoms with E-state index in [4.69, 9.17) is 15.8 Å².